The number of rotatable bonds is 4. The van der Waals surface area contributed by atoms with Crippen LogP contribution in [0.1, 0.15) is 44.3 Å². The number of amides is 1. The summed E-state index contributed by atoms with van der Waals surface area (Å²) in [5, 5.41) is 23.2. The Morgan fingerprint density at radius 1 is 1.23 bits per heavy atom. The maximum Gasteiger partial charge on any atom is 0.407 e. The minimum atomic E-state index is -0.883. The highest BCUT2D eigenvalue weighted by atomic mass is 16.5. The first-order valence-corrected chi connectivity index (χ1v) is 7.90. The fourth-order valence-corrected chi connectivity index (χ4v) is 3.17. The number of piperidine rings is 1. The molecule has 120 valence electrons. The molecule has 1 saturated heterocycles. The van der Waals surface area contributed by atoms with Crippen molar-refractivity contribution in [2.45, 2.75) is 56.2 Å². The van der Waals surface area contributed by atoms with Crippen molar-refractivity contribution in [2.75, 3.05) is 18.0 Å². The number of aliphatic hydroxyl groups is 1. The van der Waals surface area contributed by atoms with Crippen LogP contribution in [0.2, 0.25) is 0 Å². The van der Waals surface area contributed by atoms with E-state index in [1.54, 1.807) is 4.90 Å². The molecule has 1 amide bonds. The normalized spacial score (nSPS) is 24.3. The summed E-state index contributed by atoms with van der Waals surface area (Å²) in [4.78, 5) is 19.3. The highest BCUT2D eigenvalue weighted by molar-refractivity contribution is 5.66. The summed E-state index contributed by atoms with van der Waals surface area (Å²) in [5.41, 5.74) is -0.883. The molecule has 1 aromatic rings. The van der Waals surface area contributed by atoms with Gasteiger partial charge in [0, 0.05) is 25.2 Å². The predicted octanol–water partition coefficient (Wildman–Crippen LogP) is 1.16. The number of hydrogen-bond acceptors (Lipinski definition) is 6. The van der Waals surface area contributed by atoms with Crippen LogP contribution in [-0.4, -0.2) is 56.5 Å². The van der Waals surface area contributed by atoms with Crippen LogP contribution in [0.5, 0.6) is 0 Å². The SMILES string of the molecule is O=C(O)N(C1CC1)C1CCN(c2nc(C3(O)CC3)no2)CC1. The van der Waals surface area contributed by atoms with Crippen LogP contribution in [0, 0.1) is 0 Å². The second kappa shape index (κ2) is 4.84. The minimum absolute atomic E-state index is 0.0799. The van der Waals surface area contributed by atoms with Crippen molar-refractivity contribution in [3.8, 4) is 0 Å². The number of anilines is 1. The first-order valence-electron chi connectivity index (χ1n) is 7.90. The maximum absolute atomic E-state index is 11.4. The third-order valence-corrected chi connectivity index (χ3v) is 4.84. The predicted molar refractivity (Wildman–Crippen MR) is 75.5 cm³/mol. The molecule has 2 heterocycles. The molecule has 8 heteroatoms. The van der Waals surface area contributed by atoms with E-state index in [4.69, 9.17) is 4.52 Å². The highest BCUT2D eigenvalue weighted by Crippen LogP contribution is 2.44. The molecular weight excluding hydrogens is 288 g/mol. The van der Waals surface area contributed by atoms with Crippen LogP contribution in [0.15, 0.2) is 4.52 Å². The first kappa shape index (κ1) is 13.8. The van der Waals surface area contributed by atoms with E-state index in [1.165, 1.54) is 0 Å². The lowest BCUT2D eigenvalue weighted by Crippen LogP contribution is -2.48. The van der Waals surface area contributed by atoms with Crippen molar-refractivity contribution >= 4 is 12.1 Å². The van der Waals surface area contributed by atoms with Crippen molar-refractivity contribution in [2.24, 2.45) is 0 Å². The van der Waals surface area contributed by atoms with Crippen LogP contribution >= 0.6 is 0 Å². The van der Waals surface area contributed by atoms with Gasteiger partial charge in [-0.05, 0) is 38.5 Å². The lowest BCUT2D eigenvalue weighted by Gasteiger charge is -2.36. The van der Waals surface area contributed by atoms with Crippen molar-refractivity contribution in [3.05, 3.63) is 5.82 Å². The molecule has 2 saturated carbocycles. The Bertz CT molecular complexity index is 573. The number of carbonyl (C=O) groups is 1. The Morgan fingerprint density at radius 3 is 2.41 bits per heavy atom. The summed E-state index contributed by atoms with van der Waals surface area (Å²) >= 11 is 0. The van der Waals surface area contributed by atoms with Gasteiger partial charge in [-0.1, -0.05) is 5.16 Å². The molecule has 22 heavy (non-hydrogen) atoms. The third kappa shape index (κ3) is 2.41. The van der Waals surface area contributed by atoms with Crippen molar-refractivity contribution < 1.29 is 19.5 Å². The average Bonchev–Trinajstić information content (AvgIpc) is 3.41. The fraction of sp³-hybridized carbons (Fsp3) is 0.786. The summed E-state index contributed by atoms with van der Waals surface area (Å²) in [7, 11) is 0. The second-order valence-electron chi connectivity index (χ2n) is 6.57. The molecule has 0 aromatic carbocycles. The number of nitrogens with zero attached hydrogens (tertiary/aromatic N) is 4. The van der Waals surface area contributed by atoms with Crippen LogP contribution < -0.4 is 4.90 Å². The summed E-state index contributed by atoms with van der Waals surface area (Å²) in [6.45, 7) is 1.39. The van der Waals surface area contributed by atoms with E-state index >= 15 is 0 Å². The molecule has 2 aliphatic carbocycles. The smallest absolute Gasteiger partial charge is 0.407 e. The molecule has 8 nitrogen and oxygen atoms in total. The van der Waals surface area contributed by atoms with E-state index in [0.29, 0.717) is 37.8 Å². The lowest BCUT2D eigenvalue weighted by molar-refractivity contribution is 0.111. The second-order valence-corrected chi connectivity index (χ2v) is 6.57. The molecule has 0 radical (unpaired) electrons. The zero-order chi connectivity index (χ0) is 15.3. The van der Waals surface area contributed by atoms with E-state index in [1.807, 2.05) is 4.90 Å². The van der Waals surface area contributed by atoms with Gasteiger partial charge in [0.25, 0.3) is 0 Å². The molecule has 4 rings (SSSR count). The average molecular weight is 308 g/mol. The van der Waals surface area contributed by atoms with Gasteiger partial charge in [-0.15, -0.1) is 0 Å². The molecule has 0 spiro atoms. The molecule has 1 aliphatic heterocycles. The van der Waals surface area contributed by atoms with Crippen molar-refractivity contribution in [1.82, 2.24) is 15.0 Å². The van der Waals surface area contributed by atoms with Gasteiger partial charge < -0.3 is 24.5 Å². The number of hydrogen-bond donors (Lipinski definition) is 2. The zero-order valence-corrected chi connectivity index (χ0v) is 12.3. The Kier molecular flexibility index (Phi) is 3.04. The molecule has 3 aliphatic rings. The first-order chi connectivity index (χ1) is 10.6. The van der Waals surface area contributed by atoms with E-state index in [0.717, 1.165) is 25.7 Å². The zero-order valence-electron chi connectivity index (χ0n) is 12.3. The van der Waals surface area contributed by atoms with Gasteiger partial charge in [-0.25, -0.2) is 4.79 Å². The van der Waals surface area contributed by atoms with E-state index in [9.17, 15) is 15.0 Å². The topological polar surface area (TPSA) is 103 Å². The van der Waals surface area contributed by atoms with Crippen molar-refractivity contribution in [1.29, 1.82) is 0 Å². The lowest BCUT2D eigenvalue weighted by atomic mass is 10.0. The third-order valence-electron chi connectivity index (χ3n) is 4.84. The fourth-order valence-electron chi connectivity index (χ4n) is 3.17. The largest absolute Gasteiger partial charge is 0.465 e. The van der Waals surface area contributed by atoms with Crippen LogP contribution in [0.3, 0.4) is 0 Å². The molecule has 0 atom stereocenters. The standard InChI is InChI=1S/C14H20N4O4/c19-13(20)18(9-1-2-9)10-3-7-17(8-4-10)12-15-11(16-22-12)14(21)5-6-14/h9-10,21H,1-8H2,(H,19,20). The number of aromatic nitrogens is 2. The van der Waals surface area contributed by atoms with Gasteiger partial charge in [0.05, 0.1) is 0 Å². The Labute approximate surface area is 127 Å². The molecule has 2 N–H and O–H groups in total. The van der Waals surface area contributed by atoms with Gasteiger partial charge in [-0.3, -0.25) is 0 Å². The van der Waals surface area contributed by atoms with Gasteiger partial charge in [0.2, 0.25) is 5.82 Å². The summed E-state index contributed by atoms with van der Waals surface area (Å²) in [5.74, 6) is 0.370. The quantitative estimate of drug-likeness (QED) is 0.860. The summed E-state index contributed by atoms with van der Waals surface area (Å²) in [6.07, 6.45) is 4.06. The molecular formula is C14H20N4O4. The van der Waals surface area contributed by atoms with Crippen LogP contribution in [0.4, 0.5) is 10.8 Å². The van der Waals surface area contributed by atoms with Crippen LogP contribution in [-0.2, 0) is 5.60 Å². The van der Waals surface area contributed by atoms with E-state index < -0.39 is 11.7 Å². The molecule has 3 fully saturated rings. The van der Waals surface area contributed by atoms with Crippen molar-refractivity contribution in [3.63, 3.8) is 0 Å². The number of carboxylic acid groups (broad SMARTS) is 1. The van der Waals surface area contributed by atoms with Gasteiger partial charge in [0.15, 0.2) is 0 Å². The van der Waals surface area contributed by atoms with E-state index in [2.05, 4.69) is 10.1 Å². The summed E-state index contributed by atoms with van der Waals surface area (Å²) < 4.78 is 5.25. The van der Waals surface area contributed by atoms with Gasteiger partial charge in [0.1, 0.15) is 5.60 Å². The van der Waals surface area contributed by atoms with Gasteiger partial charge in [-0.2, -0.15) is 4.98 Å². The Morgan fingerprint density at radius 2 is 1.86 bits per heavy atom. The van der Waals surface area contributed by atoms with Gasteiger partial charge >= 0.3 is 12.1 Å². The Hall–Kier alpha value is -1.83. The minimum Gasteiger partial charge on any atom is -0.465 e. The molecule has 1 aromatic heterocycles. The maximum atomic E-state index is 11.4. The molecule has 0 bridgehead atoms. The Balaban J connectivity index is 1.39. The monoisotopic (exact) mass is 308 g/mol. The van der Waals surface area contributed by atoms with E-state index in [-0.39, 0.29) is 12.1 Å². The molecule has 0 unspecified atom stereocenters. The summed E-state index contributed by atoms with van der Waals surface area (Å²) in [6, 6.07) is 0.728. The highest BCUT2D eigenvalue weighted by Gasteiger charge is 2.47. The van der Waals surface area contributed by atoms with Crippen LogP contribution in [0.25, 0.3) is 0 Å².